The highest BCUT2D eigenvalue weighted by Crippen LogP contribution is 2.28. The molecule has 0 unspecified atom stereocenters. The lowest BCUT2D eigenvalue weighted by Gasteiger charge is -2.22. The van der Waals surface area contributed by atoms with Crippen molar-refractivity contribution in [3.05, 3.63) is 35.9 Å². The molecule has 0 bridgehead atoms. The first-order valence-electron chi connectivity index (χ1n) is 8.15. The summed E-state index contributed by atoms with van der Waals surface area (Å²) in [4.78, 5) is 49.1. The van der Waals surface area contributed by atoms with Gasteiger partial charge < -0.3 is 10.6 Å². The molecule has 1 atom stereocenters. The van der Waals surface area contributed by atoms with Crippen LogP contribution in [-0.4, -0.2) is 41.9 Å². The number of nitrogens with one attached hydrogen (secondary N) is 3. The van der Waals surface area contributed by atoms with Gasteiger partial charge >= 0.3 is 12.1 Å². The lowest BCUT2D eigenvalue weighted by Crippen LogP contribution is -2.47. The van der Waals surface area contributed by atoms with Crippen LogP contribution in [0.15, 0.2) is 30.3 Å². The molecular formula is C17H22N4O4. The molecule has 8 nitrogen and oxygen atoms in total. The van der Waals surface area contributed by atoms with E-state index in [0.717, 1.165) is 17.7 Å². The standard InChI is InChI=1S/C17H22N4O4/c1-3-4-10-18-15(24)19-13(22)11-21-14(23)17(2,20-16(21)25)12-8-6-5-7-9-12/h5-9H,3-4,10-11H2,1-2H3,(H,20,25)(H2,18,19,22,24)/t17-/m1/s1. The minimum Gasteiger partial charge on any atom is -0.338 e. The van der Waals surface area contributed by atoms with Crippen LogP contribution in [0.1, 0.15) is 32.3 Å². The van der Waals surface area contributed by atoms with E-state index in [2.05, 4.69) is 16.0 Å². The Morgan fingerprint density at radius 3 is 2.52 bits per heavy atom. The average molecular weight is 346 g/mol. The van der Waals surface area contributed by atoms with E-state index < -0.39 is 36.0 Å². The molecule has 2 rings (SSSR count). The Hall–Kier alpha value is -2.90. The average Bonchev–Trinajstić information content (AvgIpc) is 2.80. The molecule has 6 amide bonds. The van der Waals surface area contributed by atoms with Gasteiger partial charge in [0.2, 0.25) is 5.91 Å². The Kier molecular flexibility index (Phi) is 5.74. The maximum Gasteiger partial charge on any atom is 0.325 e. The third-order valence-electron chi connectivity index (χ3n) is 4.00. The van der Waals surface area contributed by atoms with Crippen LogP contribution >= 0.6 is 0 Å². The van der Waals surface area contributed by atoms with E-state index in [9.17, 15) is 19.2 Å². The fourth-order valence-electron chi connectivity index (χ4n) is 2.54. The summed E-state index contributed by atoms with van der Waals surface area (Å²) in [6.07, 6.45) is 1.71. The highest BCUT2D eigenvalue weighted by molar-refractivity contribution is 6.10. The number of hydrogen-bond donors (Lipinski definition) is 3. The number of imide groups is 2. The number of nitrogens with zero attached hydrogens (tertiary/aromatic N) is 1. The van der Waals surface area contributed by atoms with E-state index in [0.29, 0.717) is 12.1 Å². The molecule has 8 heteroatoms. The minimum absolute atomic E-state index is 0.449. The van der Waals surface area contributed by atoms with Crippen molar-refractivity contribution in [2.45, 2.75) is 32.2 Å². The number of amides is 6. The molecule has 1 aliphatic heterocycles. The molecule has 1 aromatic carbocycles. The van der Waals surface area contributed by atoms with Gasteiger partial charge in [0.15, 0.2) is 0 Å². The predicted molar refractivity (Wildman–Crippen MR) is 90.5 cm³/mol. The van der Waals surface area contributed by atoms with Crippen molar-refractivity contribution in [3.63, 3.8) is 0 Å². The molecule has 1 aromatic rings. The zero-order valence-corrected chi connectivity index (χ0v) is 14.3. The summed E-state index contributed by atoms with van der Waals surface area (Å²) >= 11 is 0. The lowest BCUT2D eigenvalue weighted by molar-refractivity contribution is -0.134. The van der Waals surface area contributed by atoms with Gasteiger partial charge in [0.25, 0.3) is 5.91 Å². The second-order valence-electron chi connectivity index (χ2n) is 5.97. The third kappa shape index (κ3) is 4.14. The van der Waals surface area contributed by atoms with E-state index in [1.165, 1.54) is 0 Å². The highest BCUT2D eigenvalue weighted by atomic mass is 16.2. The van der Waals surface area contributed by atoms with E-state index >= 15 is 0 Å². The van der Waals surface area contributed by atoms with Crippen molar-refractivity contribution >= 4 is 23.9 Å². The van der Waals surface area contributed by atoms with Crippen LogP contribution in [0.4, 0.5) is 9.59 Å². The minimum atomic E-state index is -1.23. The fourth-order valence-corrected chi connectivity index (χ4v) is 2.54. The smallest absolute Gasteiger partial charge is 0.325 e. The van der Waals surface area contributed by atoms with Crippen molar-refractivity contribution in [3.8, 4) is 0 Å². The number of carbonyl (C=O) groups excluding carboxylic acids is 4. The van der Waals surface area contributed by atoms with E-state index in [1.54, 1.807) is 37.3 Å². The molecule has 1 fully saturated rings. The summed E-state index contributed by atoms with van der Waals surface area (Å²) in [7, 11) is 0. The number of rotatable bonds is 6. The van der Waals surface area contributed by atoms with Crippen LogP contribution in [0.3, 0.4) is 0 Å². The highest BCUT2D eigenvalue weighted by Gasteiger charge is 2.49. The maximum absolute atomic E-state index is 12.6. The maximum atomic E-state index is 12.6. The lowest BCUT2D eigenvalue weighted by atomic mass is 9.92. The SMILES string of the molecule is CCCCNC(=O)NC(=O)CN1C(=O)N[C@](C)(c2ccccc2)C1=O. The van der Waals surface area contributed by atoms with Gasteiger partial charge in [-0.3, -0.25) is 19.8 Å². The molecule has 0 aliphatic carbocycles. The zero-order chi connectivity index (χ0) is 18.4. The molecule has 0 spiro atoms. The van der Waals surface area contributed by atoms with Crippen LogP contribution in [0.2, 0.25) is 0 Å². The van der Waals surface area contributed by atoms with Crippen LogP contribution in [0.5, 0.6) is 0 Å². The number of urea groups is 2. The van der Waals surface area contributed by atoms with Gasteiger partial charge in [-0.15, -0.1) is 0 Å². The van der Waals surface area contributed by atoms with Crippen LogP contribution < -0.4 is 16.0 Å². The molecule has 1 aliphatic rings. The van der Waals surface area contributed by atoms with Gasteiger partial charge in [-0.2, -0.15) is 0 Å². The first-order valence-corrected chi connectivity index (χ1v) is 8.15. The summed E-state index contributed by atoms with van der Waals surface area (Å²) in [5.74, 6) is -1.26. The summed E-state index contributed by atoms with van der Waals surface area (Å²) in [5.41, 5.74) is -0.615. The largest absolute Gasteiger partial charge is 0.338 e. The number of benzene rings is 1. The Bertz CT molecular complexity index is 676. The molecule has 134 valence electrons. The molecule has 1 heterocycles. The Morgan fingerprint density at radius 2 is 1.88 bits per heavy atom. The van der Waals surface area contributed by atoms with Crippen LogP contribution in [-0.2, 0) is 15.1 Å². The third-order valence-corrected chi connectivity index (χ3v) is 4.00. The Morgan fingerprint density at radius 1 is 1.20 bits per heavy atom. The summed E-state index contributed by atoms with van der Waals surface area (Å²) in [6, 6.07) is 7.46. The fraction of sp³-hybridized carbons (Fsp3) is 0.412. The zero-order valence-electron chi connectivity index (χ0n) is 14.3. The first kappa shape index (κ1) is 18.4. The molecule has 3 N–H and O–H groups in total. The summed E-state index contributed by atoms with van der Waals surface area (Å²) in [6.45, 7) is 3.49. The van der Waals surface area contributed by atoms with Gasteiger partial charge in [-0.1, -0.05) is 43.7 Å². The molecule has 1 saturated heterocycles. The van der Waals surface area contributed by atoms with Crippen molar-refractivity contribution in [1.29, 1.82) is 0 Å². The summed E-state index contributed by atoms with van der Waals surface area (Å²) < 4.78 is 0. The summed E-state index contributed by atoms with van der Waals surface area (Å²) in [5, 5.41) is 7.24. The van der Waals surface area contributed by atoms with E-state index in [1.807, 2.05) is 6.92 Å². The molecule has 0 aromatic heterocycles. The van der Waals surface area contributed by atoms with Gasteiger partial charge in [-0.05, 0) is 18.9 Å². The van der Waals surface area contributed by atoms with Crippen LogP contribution in [0.25, 0.3) is 0 Å². The van der Waals surface area contributed by atoms with E-state index in [-0.39, 0.29) is 0 Å². The quantitative estimate of drug-likeness (QED) is 0.529. The van der Waals surface area contributed by atoms with Gasteiger partial charge in [0.1, 0.15) is 12.1 Å². The second-order valence-corrected chi connectivity index (χ2v) is 5.97. The predicted octanol–water partition coefficient (Wildman–Crippen LogP) is 1.08. The molecule has 0 saturated carbocycles. The van der Waals surface area contributed by atoms with Crippen molar-refractivity contribution in [1.82, 2.24) is 20.9 Å². The number of carbonyl (C=O) groups is 4. The van der Waals surface area contributed by atoms with E-state index in [4.69, 9.17) is 0 Å². The molecule has 0 radical (unpaired) electrons. The van der Waals surface area contributed by atoms with Crippen molar-refractivity contribution in [2.24, 2.45) is 0 Å². The topological polar surface area (TPSA) is 108 Å². The van der Waals surface area contributed by atoms with Crippen LogP contribution in [0, 0.1) is 0 Å². The van der Waals surface area contributed by atoms with Crippen molar-refractivity contribution < 1.29 is 19.2 Å². The van der Waals surface area contributed by atoms with Crippen molar-refractivity contribution in [2.75, 3.05) is 13.1 Å². The molecule has 25 heavy (non-hydrogen) atoms. The Balaban J connectivity index is 1.99. The molecular weight excluding hydrogens is 324 g/mol. The number of unbranched alkanes of at least 4 members (excludes halogenated alkanes) is 1. The Labute approximate surface area is 145 Å². The first-order chi connectivity index (χ1) is 11.9. The van der Waals surface area contributed by atoms with Gasteiger partial charge in [-0.25, -0.2) is 9.59 Å². The normalized spacial score (nSPS) is 19.5. The second kappa shape index (κ2) is 7.78. The van der Waals surface area contributed by atoms with Gasteiger partial charge in [0.05, 0.1) is 0 Å². The van der Waals surface area contributed by atoms with Gasteiger partial charge in [0, 0.05) is 6.54 Å². The number of hydrogen-bond acceptors (Lipinski definition) is 4. The monoisotopic (exact) mass is 346 g/mol.